The third-order valence-corrected chi connectivity index (χ3v) is 9.78. The highest BCUT2D eigenvalue weighted by Gasteiger charge is 2.35. The van der Waals surface area contributed by atoms with Crippen molar-refractivity contribution in [2.45, 2.75) is 77.5 Å². The van der Waals surface area contributed by atoms with E-state index in [-0.39, 0.29) is 54.9 Å². The van der Waals surface area contributed by atoms with Gasteiger partial charge in [-0.1, -0.05) is 36.4 Å². The first-order chi connectivity index (χ1) is 20.2. The number of pyridine rings is 1. The van der Waals surface area contributed by atoms with Crippen LogP contribution in [0.4, 0.5) is 0 Å². The third kappa shape index (κ3) is 5.63. The van der Waals surface area contributed by atoms with Gasteiger partial charge in [0, 0.05) is 25.2 Å². The molecule has 0 N–H and O–H groups in total. The van der Waals surface area contributed by atoms with Gasteiger partial charge in [0.25, 0.3) is 0 Å². The van der Waals surface area contributed by atoms with Crippen LogP contribution in [0.25, 0.3) is 11.0 Å². The maximum absolute atomic E-state index is 13.8. The number of sulfonamides is 1. The van der Waals surface area contributed by atoms with Gasteiger partial charge in [-0.2, -0.15) is 4.31 Å². The van der Waals surface area contributed by atoms with Crippen LogP contribution in [-0.4, -0.2) is 57.9 Å². The average molecular weight is 592 g/mol. The smallest absolute Gasteiger partial charge is 0.306 e. The van der Waals surface area contributed by atoms with Crippen LogP contribution >= 0.6 is 0 Å². The van der Waals surface area contributed by atoms with Gasteiger partial charge in [0.15, 0.2) is 0 Å². The summed E-state index contributed by atoms with van der Waals surface area (Å²) in [6.45, 7) is 11.1. The van der Waals surface area contributed by atoms with Crippen molar-refractivity contribution in [3.05, 3.63) is 76.5 Å². The molecule has 0 fully saturated rings. The fourth-order valence-corrected chi connectivity index (χ4v) is 7.06. The Labute approximate surface area is 246 Å². The van der Waals surface area contributed by atoms with E-state index in [4.69, 9.17) is 9.47 Å². The largest absolute Gasteiger partial charge is 0.472 e. The number of rotatable bonds is 9. The number of benzene rings is 2. The Morgan fingerprint density at radius 2 is 1.95 bits per heavy atom. The molecule has 222 valence electrons. The lowest BCUT2D eigenvalue weighted by molar-refractivity contribution is -0.143. The Morgan fingerprint density at radius 3 is 2.69 bits per heavy atom. The highest BCUT2D eigenvalue weighted by atomic mass is 32.2. The molecule has 5 rings (SSSR count). The van der Waals surface area contributed by atoms with Gasteiger partial charge in [-0.3, -0.25) is 4.79 Å². The first-order valence-corrected chi connectivity index (χ1v) is 15.8. The molecule has 3 heterocycles. The second-order valence-corrected chi connectivity index (χ2v) is 12.5. The first kappa shape index (κ1) is 29.7. The average Bonchev–Trinajstić information content (AvgIpc) is 3.37. The summed E-state index contributed by atoms with van der Waals surface area (Å²) >= 11 is 0. The van der Waals surface area contributed by atoms with Crippen LogP contribution in [0.2, 0.25) is 0 Å². The molecule has 10 nitrogen and oxygen atoms in total. The van der Waals surface area contributed by atoms with E-state index in [0.29, 0.717) is 13.0 Å². The van der Waals surface area contributed by atoms with Gasteiger partial charge >= 0.3 is 5.97 Å². The standard InChI is InChI=1S/C31H37N5O5S/c1-6-24-19-35(42(38,39)28-10-9-15-32-31(28)41-24)18-23-16-22(12-11-20(23)4)26(17-29(37)40-8-3)25-13-14-27-30(21(25)5)33-34-36(27)7-2/h9-16,24,26H,6-8,17-19H2,1-5H3/t24-,26?/m1/s1. The van der Waals surface area contributed by atoms with Crippen molar-refractivity contribution in [2.24, 2.45) is 0 Å². The Kier molecular flexibility index (Phi) is 8.60. The molecule has 42 heavy (non-hydrogen) atoms. The van der Waals surface area contributed by atoms with E-state index in [1.54, 1.807) is 13.0 Å². The van der Waals surface area contributed by atoms with E-state index in [9.17, 15) is 13.2 Å². The van der Waals surface area contributed by atoms with Crippen molar-refractivity contribution >= 4 is 27.0 Å². The summed E-state index contributed by atoms with van der Waals surface area (Å²) in [7, 11) is -3.87. The topological polar surface area (TPSA) is 117 Å². The quantitative estimate of drug-likeness (QED) is 0.252. The van der Waals surface area contributed by atoms with Crippen molar-refractivity contribution in [3.8, 4) is 5.88 Å². The molecule has 0 saturated carbocycles. The SMILES string of the molecule is CCOC(=O)CC(c1ccc(C)c(CN2C[C@@H](CC)Oc3ncccc3S2(=O)=O)c1)c1ccc2c(nnn2CC)c1C. The van der Waals surface area contributed by atoms with E-state index in [0.717, 1.165) is 38.9 Å². The maximum Gasteiger partial charge on any atom is 0.306 e. The normalized spacial score (nSPS) is 17.3. The number of carbonyl (C=O) groups excluding carboxylic acids is 1. The Bertz CT molecular complexity index is 1720. The molecule has 0 spiro atoms. The van der Waals surface area contributed by atoms with E-state index in [1.807, 2.05) is 62.7 Å². The van der Waals surface area contributed by atoms with Crippen molar-refractivity contribution in [2.75, 3.05) is 13.2 Å². The lowest BCUT2D eigenvalue weighted by Crippen LogP contribution is -2.36. The zero-order valence-corrected chi connectivity index (χ0v) is 25.5. The number of carbonyl (C=O) groups is 1. The fourth-order valence-electron chi connectivity index (χ4n) is 5.54. The van der Waals surface area contributed by atoms with Crippen molar-refractivity contribution in [1.29, 1.82) is 0 Å². The van der Waals surface area contributed by atoms with Crippen LogP contribution in [0.15, 0.2) is 53.6 Å². The molecule has 0 amide bonds. The summed E-state index contributed by atoms with van der Waals surface area (Å²) in [5, 5.41) is 8.69. The molecule has 1 unspecified atom stereocenters. The lowest BCUT2D eigenvalue weighted by atomic mass is 9.84. The van der Waals surface area contributed by atoms with Gasteiger partial charge in [0.05, 0.1) is 25.1 Å². The molecular formula is C31H37N5O5S. The number of aromatic nitrogens is 4. The number of aryl methyl sites for hydroxylation is 3. The molecular weight excluding hydrogens is 554 g/mol. The van der Waals surface area contributed by atoms with Crippen LogP contribution in [0.1, 0.15) is 67.3 Å². The summed E-state index contributed by atoms with van der Waals surface area (Å²) in [6, 6.07) is 13.2. The summed E-state index contributed by atoms with van der Waals surface area (Å²) in [6.07, 6.45) is 1.97. The number of hydrogen-bond donors (Lipinski definition) is 0. The summed E-state index contributed by atoms with van der Waals surface area (Å²) < 4.78 is 42.2. The molecule has 1 aliphatic rings. The summed E-state index contributed by atoms with van der Waals surface area (Å²) in [5.41, 5.74) is 6.33. The summed E-state index contributed by atoms with van der Waals surface area (Å²) in [5.74, 6) is -0.488. The van der Waals surface area contributed by atoms with E-state index in [2.05, 4.69) is 15.3 Å². The molecule has 4 aromatic rings. The molecule has 0 bridgehead atoms. The zero-order valence-electron chi connectivity index (χ0n) is 24.7. The van der Waals surface area contributed by atoms with Gasteiger partial charge in [0.2, 0.25) is 15.9 Å². The number of fused-ring (bicyclic) bond motifs is 2. The minimum Gasteiger partial charge on any atom is -0.472 e. The van der Waals surface area contributed by atoms with Crippen molar-refractivity contribution < 1.29 is 22.7 Å². The van der Waals surface area contributed by atoms with Gasteiger partial charge in [-0.25, -0.2) is 18.1 Å². The number of esters is 1. The minimum absolute atomic E-state index is 0.0685. The molecule has 2 aromatic heterocycles. The Hall–Kier alpha value is -3.83. The predicted molar refractivity (Wildman–Crippen MR) is 159 cm³/mol. The second-order valence-electron chi connectivity index (χ2n) is 10.6. The first-order valence-electron chi connectivity index (χ1n) is 14.4. The monoisotopic (exact) mass is 591 g/mol. The fraction of sp³-hybridized carbons (Fsp3) is 0.419. The Morgan fingerprint density at radius 1 is 1.14 bits per heavy atom. The Balaban J connectivity index is 1.56. The van der Waals surface area contributed by atoms with E-state index >= 15 is 0 Å². The van der Waals surface area contributed by atoms with Gasteiger partial charge < -0.3 is 9.47 Å². The molecule has 0 aliphatic carbocycles. The lowest BCUT2D eigenvalue weighted by Gasteiger charge is -2.25. The second kappa shape index (κ2) is 12.2. The molecule has 0 saturated heterocycles. The molecule has 11 heteroatoms. The third-order valence-electron chi connectivity index (χ3n) is 7.95. The van der Waals surface area contributed by atoms with E-state index in [1.165, 1.54) is 16.6 Å². The predicted octanol–water partition coefficient (Wildman–Crippen LogP) is 4.91. The maximum atomic E-state index is 13.8. The van der Waals surface area contributed by atoms with Crippen LogP contribution in [0.3, 0.4) is 0 Å². The van der Waals surface area contributed by atoms with Crippen molar-refractivity contribution in [3.63, 3.8) is 0 Å². The highest BCUT2D eigenvalue weighted by Crippen LogP contribution is 2.36. The number of ether oxygens (including phenoxy) is 2. The molecule has 1 aliphatic heterocycles. The zero-order chi connectivity index (χ0) is 30.0. The van der Waals surface area contributed by atoms with Gasteiger partial charge in [-0.15, -0.1) is 5.10 Å². The molecule has 0 radical (unpaired) electrons. The van der Waals surface area contributed by atoms with Crippen LogP contribution < -0.4 is 4.74 Å². The molecule has 2 aromatic carbocycles. The van der Waals surface area contributed by atoms with Gasteiger partial charge in [0.1, 0.15) is 16.5 Å². The van der Waals surface area contributed by atoms with E-state index < -0.39 is 10.0 Å². The van der Waals surface area contributed by atoms with Crippen molar-refractivity contribution in [1.82, 2.24) is 24.3 Å². The van der Waals surface area contributed by atoms with Crippen LogP contribution in [0.5, 0.6) is 5.88 Å². The van der Waals surface area contributed by atoms with Gasteiger partial charge in [-0.05, 0) is 80.1 Å². The van der Waals surface area contributed by atoms with Crippen LogP contribution in [-0.2, 0) is 32.6 Å². The van der Waals surface area contributed by atoms with Crippen LogP contribution in [0, 0.1) is 13.8 Å². The summed E-state index contributed by atoms with van der Waals surface area (Å²) in [4.78, 5) is 17.1. The number of hydrogen-bond acceptors (Lipinski definition) is 8. The molecule has 2 atom stereocenters. The number of nitrogens with zero attached hydrogens (tertiary/aromatic N) is 5. The minimum atomic E-state index is -3.87. The highest BCUT2D eigenvalue weighted by molar-refractivity contribution is 7.89.